The van der Waals surface area contributed by atoms with Gasteiger partial charge in [0.15, 0.2) is 0 Å². The predicted molar refractivity (Wildman–Crippen MR) is 50.6 cm³/mol. The summed E-state index contributed by atoms with van der Waals surface area (Å²) in [6, 6.07) is 2.31. The van der Waals surface area contributed by atoms with Crippen LogP contribution in [0.1, 0.15) is 12.8 Å². The molecule has 0 spiro atoms. The summed E-state index contributed by atoms with van der Waals surface area (Å²) < 4.78 is 4.51. The minimum atomic E-state index is -0.372. The summed E-state index contributed by atoms with van der Waals surface area (Å²) in [7, 11) is 1.36. The molecule has 0 bridgehead atoms. The van der Waals surface area contributed by atoms with Crippen molar-refractivity contribution in [3.05, 3.63) is 0 Å². The van der Waals surface area contributed by atoms with Gasteiger partial charge in [-0.05, 0) is 12.8 Å². The molecule has 0 aromatic carbocycles. The highest BCUT2D eigenvalue weighted by atomic mass is 16.5. The zero-order valence-electron chi connectivity index (χ0n) is 8.32. The van der Waals surface area contributed by atoms with Crippen molar-refractivity contribution in [2.75, 3.05) is 26.7 Å². The number of hydrogen-bond acceptors (Lipinski definition) is 4. The van der Waals surface area contributed by atoms with Crippen molar-refractivity contribution in [1.82, 2.24) is 10.2 Å². The Balaban J connectivity index is 2.22. The van der Waals surface area contributed by atoms with Crippen molar-refractivity contribution < 1.29 is 9.53 Å². The van der Waals surface area contributed by atoms with Gasteiger partial charge in [0.2, 0.25) is 0 Å². The quantitative estimate of drug-likeness (QED) is 0.648. The van der Waals surface area contributed by atoms with E-state index < -0.39 is 0 Å². The lowest BCUT2D eigenvalue weighted by Gasteiger charge is -2.30. The van der Waals surface area contributed by atoms with Gasteiger partial charge in [0, 0.05) is 19.1 Å². The SMILES string of the molecule is COC(=O)NC1CCN(CC#N)CC1. The highest BCUT2D eigenvalue weighted by Crippen LogP contribution is 2.09. The molecule has 1 aliphatic rings. The molecular formula is C9H15N3O2. The van der Waals surface area contributed by atoms with Crippen LogP contribution in [0.15, 0.2) is 0 Å². The molecule has 0 saturated carbocycles. The number of alkyl carbamates (subject to hydrolysis) is 1. The molecule has 5 heteroatoms. The molecule has 0 unspecified atom stereocenters. The summed E-state index contributed by atoms with van der Waals surface area (Å²) in [5.41, 5.74) is 0. The third-order valence-electron chi connectivity index (χ3n) is 2.39. The van der Waals surface area contributed by atoms with E-state index in [1.807, 2.05) is 0 Å². The second kappa shape index (κ2) is 5.45. The van der Waals surface area contributed by atoms with Crippen LogP contribution in [0.5, 0.6) is 0 Å². The first-order valence-corrected chi connectivity index (χ1v) is 4.70. The van der Waals surface area contributed by atoms with E-state index >= 15 is 0 Å². The van der Waals surface area contributed by atoms with Crippen molar-refractivity contribution in [1.29, 1.82) is 5.26 Å². The molecule has 0 radical (unpaired) electrons. The first-order chi connectivity index (χ1) is 6.76. The Kier molecular flexibility index (Phi) is 4.20. The van der Waals surface area contributed by atoms with Crippen molar-refractivity contribution in [3.63, 3.8) is 0 Å². The maximum atomic E-state index is 10.9. The zero-order chi connectivity index (χ0) is 10.4. The normalized spacial score (nSPS) is 18.6. The van der Waals surface area contributed by atoms with Crippen LogP contribution in [0.25, 0.3) is 0 Å². The van der Waals surface area contributed by atoms with Crippen molar-refractivity contribution in [2.24, 2.45) is 0 Å². The topological polar surface area (TPSA) is 65.4 Å². The molecule has 14 heavy (non-hydrogen) atoms. The van der Waals surface area contributed by atoms with Gasteiger partial charge in [-0.2, -0.15) is 5.26 Å². The molecular weight excluding hydrogens is 182 g/mol. The number of amides is 1. The van der Waals surface area contributed by atoms with Gasteiger partial charge in [-0.15, -0.1) is 0 Å². The third-order valence-corrected chi connectivity index (χ3v) is 2.39. The van der Waals surface area contributed by atoms with Gasteiger partial charge in [0.1, 0.15) is 0 Å². The van der Waals surface area contributed by atoms with Gasteiger partial charge in [0.25, 0.3) is 0 Å². The summed E-state index contributed by atoms with van der Waals surface area (Å²) in [4.78, 5) is 13.0. The second-order valence-electron chi connectivity index (χ2n) is 3.34. The van der Waals surface area contributed by atoms with E-state index in [-0.39, 0.29) is 12.1 Å². The van der Waals surface area contributed by atoms with Gasteiger partial charge >= 0.3 is 6.09 Å². The molecule has 0 atom stereocenters. The Morgan fingerprint density at radius 1 is 1.64 bits per heavy atom. The number of methoxy groups -OCH3 is 1. The van der Waals surface area contributed by atoms with Crippen molar-refractivity contribution in [3.8, 4) is 6.07 Å². The Bertz CT molecular complexity index is 229. The Morgan fingerprint density at radius 3 is 2.79 bits per heavy atom. The average Bonchev–Trinajstić information content (AvgIpc) is 2.21. The molecule has 1 rings (SSSR count). The maximum Gasteiger partial charge on any atom is 0.407 e. The summed E-state index contributed by atoms with van der Waals surface area (Å²) in [5, 5.41) is 11.2. The lowest BCUT2D eigenvalue weighted by atomic mass is 10.1. The lowest BCUT2D eigenvalue weighted by molar-refractivity contribution is 0.155. The van der Waals surface area contributed by atoms with E-state index in [2.05, 4.69) is 21.0 Å². The summed E-state index contributed by atoms with van der Waals surface area (Å²) >= 11 is 0. The number of nitrogens with one attached hydrogen (secondary N) is 1. The highest BCUT2D eigenvalue weighted by molar-refractivity contribution is 5.67. The molecule has 1 fully saturated rings. The second-order valence-corrected chi connectivity index (χ2v) is 3.34. The summed E-state index contributed by atoms with van der Waals surface area (Å²) in [6.45, 7) is 2.20. The molecule has 1 saturated heterocycles. The van der Waals surface area contributed by atoms with E-state index in [4.69, 9.17) is 5.26 Å². The van der Waals surface area contributed by atoms with Gasteiger partial charge in [-0.3, -0.25) is 4.90 Å². The average molecular weight is 197 g/mol. The first kappa shape index (κ1) is 10.8. The van der Waals surface area contributed by atoms with Crippen molar-refractivity contribution in [2.45, 2.75) is 18.9 Å². The smallest absolute Gasteiger partial charge is 0.407 e. The standard InChI is InChI=1S/C9H15N3O2/c1-14-9(13)11-8-2-5-12(6-3-8)7-4-10/h8H,2-3,5-7H2,1H3,(H,11,13). The van der Waals surface area contributed by atoms with E-state index in [0.717, 1.165) is 25.9 Å². The molecule has 1 N–H and O–H groups in total. The Morgan fingerprint density at radius 2 is 2.29 bits per heavy atom. The number of nitrogens with zero attached hydrogens (tertiary/aromatic N) is 2. The minimum absolute atomic E-state index is 0.192. The molecule has 1 heterocycles. The van der Waals surface area contributed by atoms with Crippen LogP contribution < -0.4 is 5.32 Å². The fourth-order valence-electron chi connectivity index (χ4n) is 1.56. The van der Waals surface area contributed by atoms with Crippen LogP contribution in [0.2, 0.25) is 0 Å². The Labute approximate surface area is 83.6 Å². The predicted octanol–water partition coefficient (Wildman–Crippen LogP) is 0.330. The van der Waals surface area contributed by atoms with Crippen LogP contribution in [0.4, 0.5) is 4.79 Å². The highest BCUT2D eigenvalue weighted by Gasteiger charge is 2.20. The molecule has 0 aromatic rings. The molecule has 1 amide bonds. The minimum Gasteiger partial charge on any atom is -0.453 e. The number of hydrogen-bond donors (Lipinski definition) is 1. The van der Waals surface area contributed by atoms with Crippen LogP contribution in [-0.4, -0.2) is 43.8 Å². The molecule has 5 nitrogen and oxygen atoms in total. The largest absolute Gasteiger partial charge is 0.453 e. The number of rotatable bonds is 2. The molecule has 78 valence electrons. The fraction of sp³-hybridized carbons (Fsp3) is 0.778. The number of carbonyl (C=O) groups is 1. The van der Waals surface area contributed by atoms with Crippen LogP contribution >= 0.6 is 0 Å². The van der Waals surface area contributed by atoms with E-state index in [9.17, 15) is 4.79 Å². The summed E-state index contributed by atoms with van der Waals surface area (Å²) in [5.74, 6) is 0. The van der Waals surface area contributed by atoms with Crippen LogP contribution in [-0.2, 0) is 4.74 Å². The monoisotopic (exact) mass is 197 g/mol. The van der Waals surface area contributed by atoms with Gasteiger partial charge < -0.3 is 10.1 Å². The van der Waals surface area contributed by atoms with E-state index in [1.54, 1.807) is 0 Å². The lowest BCUT2D eigenvalue weighted by Crippen LogP contribution is -2.44. The third kappa shape index (κ3) is 3.23. The zero-order valence-corrected chi connectivity index (χ0v) is 8.32. The van der Waals surface area contributed by atoms with Crippen molar-refractivity contribution >= 4 is 6.09 Å². The number of carbonyl (C=O) groups excluding carboxylic acids is 1. The van der Waals surface area contributed by atoms with E-state index in [1.165, 1.54) is 7.11 Å². The number of piperidine rings is 1. The summed E-state index contributed by atoms with van der Waals surface area (Å²) in [6.07, 6.45) is 1.40. The molecule has 1 aliphatic heterocycles. The maximum absolute atomic E-state index is 10.9. The van der Waals surface area contributed by atoms with Gasteiger partial charge in [-0.25, -0.2) is 4.79 Å². The fourth-order valence-corrected chi connectivity index (χ4v) is 1.56. The van der Waals surface area contributed by atoms with Gasteiger partial charge in [-0.1, -0.05) is 0 Å². The Hall–Kier alpha value is -1.28. The van der Waals surface area contributed by atoms with Crippen LogP contribution in [0.3, 0.4) is 0 Å². The van der Waals surface area contributed by atoms with Gasteiger partial charge in [0.05, 0.1) is 19.7 Å². The van der Waals surface area contributed by atoms with E-state index in [0.29, 0.717) is 6.54 Å². The molecule has 0 aromatic heterocycles. The number of ether oxygens (including phenoxy) is 1. The number of nitriles is 1. The number of likely N-dealkylation sites (tertiary alicyclic amines) is 1. The molecule has 0 aliphatic carbocycles. The van der Waals surface area contributed by atoms with Crippen LogP contribution in [0, 0.1) is 11.3 Å². The first-order valence-electron chi connectivity index (χ1n) is 4.70.